The number of amides is 2. The number of piperidine rings is 1. The van der Waals surface area contributed by atoms with Crippen molar-refractivity contribution in [3.63, 3.8) is 0 Å². The average Bonchev–Trinajstić information content (AvgIpc) is 3.20. The van der Waals surface area contributed by atoms with Crippen molar-refractivity contribution < 1.29 is 14.3 Å². The van der Waals surface area contributed by atoms with Gasteiger partial charge in [0.25, 0.3) is 11.1 Å². The van der Waals surface area contributed by atoms with Gasteiger partial charge in [-0.25, -0.2) is 4.98 Å². The van der Waals surface area contributed by atoms with Crippen molar-refractivity contribution >= 4 is 34.9 Å². The molecule has 1 aromatic heterocycles. The highest BCUT2D eigenvalue weighted by Gasteiger charge is 2.29. The van der Waals surface area contributed by atoms with Gasteiger partial charge in [0.2, 0.25) is 11.8 Å². The molecule has 5 rings (SSSR count). The molecule has 0 aliphatic carbocycles. The second kappa shape index (κ2) is 10.8. The number of anilines is 1. The molecule has 0 saturated carbocycles. The molecule has 184 valence electrons. The number of para-hydroxylation sites is 1. The van der Waals surface area contributed by atoms with Crippen LogP contribution < -0.4 is 15.0 Å². The van der Waals surface area contributed by atoms with E-state index in [9.17, 15) is 9.59 Å². The van der Waals surface area contributed by atoms with Crippen LogP contribution in [-0.2, 0) is 4.79 Å². The van der Waals surface area contributed by atoms with Crippen molar-refractivity contribution in [1.29, 1.82) is 0 Å². The second-order valence-corrected chi connectivity index (χ2v) is 9.90. The van der Waals surface area contributed by atoms with Crippen molar-refractivity contribution in [3.8, 4) is 11.6 Å². The van der Waals surface area contributed by atoms with Gasteiger partial charge in [0.05, 0.1) is 10.6 Å². The van der Waals surface area contributed by atoms with Gasteiger partial charge in [-0.3, -0.25) is 19.8 Å². The number of imide groups is 1. The topological polar surface area (TPSA) is 90.9 Å². The highest BCUT2D eigenvalue weighted by Crippen LogP contribution is 2.28. The van der Waals surface area contributed by atoms with Gasteiger partial charge in [-0.05, 0) is 62.4 Å². The van der Waals surface area contributed by atoms with Crippen molar-refractivity contribution in [1.82, 2.24) is 25.1 Å². The van der Waals surface area contributed by atoms with Gasteiger partial charge in [0, 0.05) is 38.3 Å². The van der Waals surface area contributed by atoms with Crippen LogP contribution in [0.3, 0.4) is 0 Å². The first kappa shape index (κ1) is 23.8. The minimum Gasteiger partial charge on any atom is -0.439 e. The Morgan fingerprint density at radius 1 is 1.06 bits per heavy atom. The summed E-state index contributed by atoms with van der Waals surface area (Å²) in [7, 11) is 0. The van der Waals surface area contributed by atoms with E-state index in [0.29, 0.717) is 34.2 Å². The monoisotopic (exact) mass is 494 g/mol. The van der Waals surface area contributed by atoms with Gasteiger partial charge in [-0.15, -0.1) is 0 Å². The van der Waals surface area contributed by atoms with Gasteiger partial charge in [0.15, 0.2) is 0 Å². The fourth-order valence-corrected chi connectivity index (χ4v) is 5.42. The lowest BCUT2D eigenvalue weighted by Crippen LogP contribution is -2.53. The molecule has 0 atom stereocenters. The summed E-state index contributed by atoms with van der Waals surface area (Å²) in [5, 5.41) is 1.91. The van der Waals surface area contributed by atoms with Gasteiger partial charge in [0.1, 0.15) is 5.75 Å². The van der Waals surface area contributed by atoms with Crippen LogP contribution in [0.5, 0.6) is 11.6 Å². The number of thioether (sulfide) groups is 1. The Labute approximate surface area is 209 Å². The number of likely N-dealkylation sites (tertiary alicyclic amines) is 1. The van der Waals surface area contributed by atoms with Gasteiger partial charge in [-0.1, -0.05) is 25.1 Å². The van der Waals surface area contributed by atoms with E-state index in [4.69, 9.17) is 9.72 Å². The predicted octanol–water partition coefficient (Wildman–Crippen LogP) is 3.20. The number of piperazine rings is 1. The van der Waals surface area contributed by atoms with Crippen molar-refractivity contribution in [2.45, 2.75) is 25.8 Å². The Morgan fingerprint density at radius 3 is 2.46 bits per heavy atom. The van der Waals surface area contributed by atoms with E-state index in [2.05, 4.69) is 31.9 Å². The number of benzene rings is 1. The molecule has 9 nitrogen and oxygen atoms in total. The Kier molecular flexibility index (Phi) is 7.31. The molecule has 3 aliphatic heterocycles. The van der Waals surface area contributed by atoms with Crippen molar-refractivity contribution in [3.05, 3.63) is 47.0 Å². The molecule has 3 saturated heterocycles. The smallest absolute Gasteiger partial charge is 0.290 e. The number of nitrogens with zero attached hydrogens (tertiary/aromatic N) is 5. The molecule has 3 aliphatic rings. The number of hydrogen-bond donors (Lipinski definition) is 1. The highest BCUT2D eigenvalue weighted by atomic mass is 32.2. The van der Waals surface area contributed by atoms with Crippen molar-refractivity contribution in [2.75, 3.05) is 50.7 Å². The Morgan fingerprint density at radius 2 is 1.80 bits per heavy atom. The summed E-state index contributed by atoms with van der Waals surface area (Å²) < 4.78 is 6.00. The molecule has 0 bridgehead atoms. The minimum atomic E-state index is -0.409. The summed E-state index contributed by atoms with van der Waals surface area (Å²) in [6, 6.07) is 11.8. The largest absolute Gasteiger partial charge is 0.439 e. The first-order chi connectivity index (χ1) is 17.1. The molecule has 4 heterocycles. The number of aromatic nitrogens is 2. The normalized spacial score (nSPS) is 21.5. The zero-order chi connectivity index (χ0) is 24.2. The SMILES string of the molecule is CCN1CCC(N2CCN(c3nc(/C=C4\SC(=O)NC4=O)cc(Oc4ccccc4)n3)CC2)CC1. The molecule has 1 aromatic carbocycles. The number of ether oxygens (including phenoxy) is 1. The van der Waals surface area contributed by atoms with E-state index in [1.165, 1.54) is 25.9 Å². The lowest BCUT2D eigenvalue weighted by atomic mass is 10.0. The van der Waals surface area contributed by atoms with Crippen LogP contribution in [0.25, 0.3) is 6.08 Å². The number of carbonyl (C=O) groups is 2. The summed E-state index contributed by atoms with van der Waals surface area (Å²) in [6.07, 6.45) is 4.06. The third-order valence-corrected chi connectivity index (χ3v) is 7.53. The van der Waals surface area contributed by atoms with Gasteiger partial charge in [-0.2, -0.15) is 4.98 Å². The first-order valence-electron chi connectivity index (χ1n) is 12.2. The zero-order valence-electron chi connectivity index (χ0n) is 19.9. The maximum Gasteiger partial charge on any atom is 0.290 e. The standard InChI is InChI=1S/C25H30N6O3S/c1-2-29-10-8-19(9-11-29)30-12-14-31(15-13-30)24-26-18(16-21-23(32)28-25(33)35-21)17-22(27-24)34-20-6-4-3-5-7-20/h3-7,16-17,19H,2,8-15H2,1H3,(H,28,32,33)/b21-16-. The lowest BCUT2D eigenvalue weighted by molar-refractivity contribution is -0.115. The maximum atomic E-state index is 12.1. The van der Waals surface area contributed by atoms with Crippen molar-refractivity contribution in [2.24, 2.45) is 0 Å². The number of nitrogens with one attached hydrogen (secondary N) is 1. The van der Waals surface area contributed by atoms with E-state index >= 15 is 0 Å². The first-order valence-corrected chi connectivity index (χ1v) is 13.0. The van der Waals surface area contributed by atoms with E-state index < -0.39 is 5.91 Å². The molecular formula is C25H30N6O3S. The molecular weight excluding hydrogens is 464 g/mol. The minimum absolute atomic E-state index is 0.313. The molecule has 0 radical (unpaired) electrons. The lowest BCUT2D eigenvalue weighted by Gasteiger charge is -2.42. The molecule has 1 N–H and O–H groups in total. The predicted molar refractivity (Wildman–Crippen MR) is 137 cm³/mol. The van der Waals surface area contributed by atoms with Gasteiger partial charge < -0.3 is 14.5 Å². The third-order valence-electron chi connectivity index (χ3n) is 6.72. The van der Waals surface area contributed by atoms with Crippen LogP contribution in [0.2, 0.25) is 0 Å². The maximum absolute atomic E-state index is 12.1. The van der Waals surface area contributed by atoms with E-state index in [0.717, 1.165) is 44.5 Å². The Hall–Kier alpha value is -2.95. The second-order valence-electron chi connectivity index (χ2n) is 8.89. The summed E-state index contributed by atoms with van der Waals surface area (Å²) in [6.45, 7) is 9.30. The van der Waals surface area contributed by atoms with Crippen LogP contribution in [0, 0.1) is 0 Å². The zero-order valence-corrected chi connectivity index (χ0v) is 20.7. The number of rotatable bonds is 6. The molecule has 35 heavy (non-hydrogen) atoms. The molecule has 2 amide bonds. The summed E-state index contributed by atoms with van der Waals surface area (Å²) in [4.78, 5) is 40.6. The van der Waals surface area contributed by atoms with E-state index in [-0.39, 0.29) is 5.24 Å². The third kappa shape index (κ3) is 5.83. The molecule has 0 unspecified atom stereocenters. The molecule has 2 aromatic rings. The van der Waals surface area contributed by atoms with Crippen LogP contribution in [0.1, 0.15) is 25.5 Å². The summed E-state index contributed by atoms with van der Waals surface area (Å²) >= 11 is 0.874. The fraction of sp³-hybridized carbons (Fsp3) is 0.440. The summed E-state index contributed by atoms with van der Waals surface area (Å²) in [5.74, 6) is 1.23. The van der Waals surface area contributed by atoms with Crippen LogP contribution in [0.15, 0.2) is 41.3 Å². The van der Waals surface area contributed by atoms with Gasteiger partial charge >= 0.3 is 0 Å². The Balaban J connectivity index is 1.33. The Bertz CT molecular complexity index is 1100. The van der Waals surface area contributed by atoms with Crippen LogP contribution >= 0.6 is 11.8 Å². The van der Waals surface area contributed by atoms with Crippen LogP contribution in [-0.4, -0.2) is 82.8 Å². The quantitative estimate of drug-likeness (QED) is 0.608. The molecule has 3 fully saturated rings. The molecule has 0 spiro atoms. The average molecular weight is 495 g/mol. The van der Waals surface area contributed by atoms with Crippen LogP contribution in [0.4, 0.5) is 10.7 Å². The number of hydrogen-bond acceptors (Lipinski definition) is 9. The highest BCUT2D eigenvalue weighted by molar-refractivity contribution is 8.18. The fourth-order valence-electron chi connectivity index (χ4n) is 4.75. The summed E-state index contributed by atoms with van der Waals surface area (Å²) in [5.41, 5.74) is 0.530. The van der Waals surface area contributed by atoms with E-state index in [1.807, 2.05) is 30.3 Å². The van der Waals surface area contributed by atoms with E-state index in [1.54, 1.807) is 12.1 Å². The molecule has 10 heteroatoms. The number of carbonyl (C=O) groups excluding carboxylic acids is 2.